The van der Waals surface area contributed by atoms with Gasteiger partial charge in [0, 0.05) is 50.9 Å². The number of piperidine rings is 1. The summed E-state index contributed by atoms with van der Waals surface area (Å²) in [6.07, 6.45) is 7.38. The number of hydrogen-bond acceptors (Lipinski definition) is 3. The maximum absolute atomic E-state index is 12.9. The maximum atomic E-state index is 12.9. The van der Waals surface area contributed by atoms with Crippen molar-refractivity contribution in [1.82, 2.24) is 14.8 Å². The maximum Gasteiger partial charge on any atom is 0.226 e. The molecule has 1 aromatic rings. The van der Waals surface area contributed by atoms with E-state index < -0.39 is 0 Å². The molecule has 1 saturated heterocycles. The van der Waals surface area contributed by atoms with E-state index in [2.05, 4.69) is 4.98 Å². The van der Waals surface area contributed by atoms with Gasteiger partial charge in [-0.3, -0.25) is 14.6 Å². The van der Waals surface area contributed by atoms with Gasteiger partial charge in [0.25, 0.3) is 0 Å². The lowest BCUT2D eigenvalue weighted by Crippen LogP contribution is -2.44. The molecule has 2 aliphatic rings. The first-order valence-electron chi connectivity index (χ1n) is 8.10. The molecule has 118 valence electrons. The van der Waals surface area contributed by atoms with Crippen molar-refractivity contribution in [3.63, 3.8) is 0 Å². The van der Waals surface area contributed by atoms with Crippen LogP contribution in [0.2, 0.25) is 0 Å². The first kappa shape index (κ1) is 15.0. The molecule has 0 bridgehead atoms. The highest BCUT2D eigenvalue weighted by Crippen LogP contribution is 2.31. The molecule has 5 nitrogen and oxygen atoms in total. The lowest BCUT2D eigenvalue weighted by Gasteiger charge is -2.34. The molecule has 2 amide bonds. The largest absolute Gasteiger partial charge is 0.343 e. The summed E-state index contributed by atoms with van der Waals surface area (Å²) in [7, 11) is 0. The number of carbonyl (C=O) groups is 2. The Labute approximate surface area is 131 Å². The van der Waals surface area contributed by atoms with Gasteiger partial charge in [-0.15, -0.1) is 0 Å². The van der Waals surface area contributed by atoms with Crippen molar-refractivity contribution in [3.05, 3.63) is 30.1 Å². The average Bonchev–Trinajstić information content (AvgIpc) is 3.38. The number of carbonyl (C=O) groups excluding carboxylic acids is 2. The van der Waals surface area contributed by atoms with Crippen molar-refractivity contribution in [2.75, 3.05) is 13.1 Å². The number of amides is 2. The van der Waals surface area contributed by atoms with Crippen molar-refractivity contribution in [3.8, 4) is 0 Å². The van der Waals surface area contributed by atoms with Crippen LogP contribution >= 0.6 is 0 Å². The van der Waals surface area contributed by atoms with E-state index in [1.165, 1.54) is 0 Å². The number of likely N-dealkylation sites (tertiary alicyclic amines) is 1. The zero-order valence-electron chi connectivity index (χ0n) is 13.1. The lowest BCUT2D eigenvalue weighted by molar-refractivity contribution is -0.141. The highest BCUT2D eigenvalue weighted by atomic mass is 16.2. The van der Waals surface area contributed by atoms with Gasteiger partial charge in [0.1, 0.15) is 0 Å². The predicted octanol–water partition coefficient (Wildman–Crippen LogP) is 1.83. The van der Waals surface area contributed by atoms with E-state index in [0.717, 1.165) is 31.2 Å². The Balaban J connectivity index is 1.62. The number of rotatable bonds is 4. The highest BCUT2D eigenvalue weighted by Gasteiger charge is 2.37. The van der Waals surface area contributed by atoms with E-state index in [4.69, 9.17) is 0 Å². The molecule has 0 spiro atoms. The van der Waals surface area contributed by atoms with Crippen LogP contribution in [0.4, 0.5) is 0 Å². The Kier molecular flexibility index (Phi) is 4.41. The van der Waals surface area contributed by atoms with Gasteiger partial charge in [-0.25, -0.2) is 0 Å². The van der Waals surface area contributed by atoms with Crippen molar-refractivity contribution < 1.29 is 9.59 Å². The molecule has 5 heteroatoms. The summed E-state index contributed by atoms with van der Waals surface area (Å²) in [4.78, 5) is 32.3. The molecule has 0 aromatic carbocycles. The third-order valence-corrected chi connectivity index (χ3v) is 4.64. The molecule has 1 saturated carbocycles. The van der Waals surface area contributed by atoms with Crippen LogP contribution in [0.25, 0.3) is 0 Å². The molecular formula is C17H23N3O2. The van der Waals surface area contributed by atoms with E-state index in [-0.39, 0.29) is 17.7 Å². The summed E-state index contributed by atoms with van der Waals surface area (Å²) in [5.41, 5.74) is 1.09. The molecule has 1 aliphatic carbocycles. The number of nitrogens with zero attached hydrogens (tertiary/aromatic N) is 3. The smallest absolute Gasteiger partial charge is 0.226 e. The fourth-order valence-electron chi connectivity index (χ4n) is 3.14. The van der Waals surface area contributed by atoms with E-state index in [1.807, 2.05) is 28.1 Å². The fourth-order valence-corrected chi connectivity index (χ4v) is 3.14. The SMILES string of the molecule is CC(=O)N1CCC(C(=O)N(Cc2cccnc2)C2CC2)CC1. The second-order valence-electron chi connectivity index (χ2n) is 6.34. The quantitative estimate of drug-likeness (QED) is 0.852. The minimum Gasteiger partial charge on any atom is -0.343 e. The van der Waals surface area contributed by atoms with E-state index in [0.29, 0.717) is 25.7 Å². The fraction of sp³-hybridized carbons (Fsp3) is 0.588. The Hall–Kier alpha value is -1.91. The standard InChI is InChI=1S/C17H23N3O2/c1-13(21)19-9-6-15(7-10-19)17(22)20(16-4-5-16)12-14-3-2-8-18-11-14/h2-3,8,11,15-16H,4-7,9-10,12H2,1H3. The molecule has 2 fully saturated rings. The monoisotopic (exact) mass is 301 g/mol. The van der Waals surface area contributed by atoms with Crippen LogP contribution in [0, 0.1) is 5.92 Å². The number of hydrogen-bond donors (Lipinski definition) is 0. The Morgan fingerprint density at radius 2 is 2.00 bits per heavy atom. The van der Waals surface area contributed by atoms with Gasteiger partial charge in [-0.2, -0.15) is 0 Å². The normalized spacial score (nSPS) is 19.0. The number of aromatic nitrogens is 1. The summed E-state index contributed by atoms with van der Waals surface area (Å²) in [6, 6.07) is 4.34. The van der Waals surface area contributed by atoms with E-state index in [1.54, 1.807) is 13.1 Å². The summed E-state index contributed by atoms with van der Waals surface area (Å²) in [6.45, 7) is 3.67. The van der Waals surface area contributed by atoms with Crippen molar-refractivity contribution >= 4 is 11.8 Å². The molecule has 2 heterocycles. The van der Waals surface area contributed by atoms with E-state index >= 15 is 0 Å². The lowest BCUT2D eigenvalue weighted by atomic mass is 9.95. The second kappa shape index (κ2) is 6.46. The van der Waals surface area contributed by atoms with Crippen LogP contribution in [0.5, 0.6) is 0 Å². The first-order chi connectivity index (χ1) is 10.6. The van der Waals surface area contributed by atoms with Gasteiger partial charge >= 0.3 is 0 Å². The molecule has 0 N–H and O–H groups in total. The first-order valence-corrected chi connectivity index (χ1v) is 8.10. The number of pyridine rings is 1. The Morgan fingerprint density at radius 1 is 1.27 bits per heavy atom. The van der Waals surface area contributed by atoms with Gasteiger partial charge in [-0.05, 0) is 37.3 Å². The zero-order chi connectivity index (χ0) is 15.5. The topological polar surface area (TPSA) is 53.5 Å². The van der Waals surface area contributed by atoms with Gasteiger partial charge in [0.2, 0.25) is 11.8 Å². The summed E-state index contributed by atoms with van der Waals surface area (Å²) in [5.74, 6) is 0.433. The molecule has 0 radical (unpaired) electrons. The zero-order valence-corrected chi connectivity index (χ0v) is 13.1. The van der Waals surface area contributed by atoms with Crippen molar-refractivity contribution in [1.29, 1.82) is 0 Å². The highest BCUT2D eigenvalue weighted by molar-refractivity contribution is 5.80. The average molecular weight is 301 g/mol. The molecule has 22 heavy (non-hydrogen) atoms. The molecular weight excluding hydrogens is 278 g/mol. The van der Waals surface area contributed by atoms with Gasteiger partial charge in [0.05, 0.1) is 0 Å². The van der Waals surface area contributed by atoms with E-state index in [9.17, 15) is 9.59 Å². The molecule has 3 rings (SSSR count). The minimum absolute atomic E-state index is 0.0628. The van der Waals surface area contributed by atoms with Crippen LogP contribution in [0.1, 0.15) is 38.2 Å². The Morgan fingerprint density at radius 3 is 2.55 bits per heavy atom. The molecule has 1 aliphatic heterocycles. The molecule has 1 aromatic heterocycles. The molecule has 0 atom stereocenters. The van der Waals surface area contributed by atoms with Crippen LogP contribution in [0.15, 0.2) is 24.5 Å². The van der Waals surface area contributed by atoms with Gasteiger partial charge in [-0.1, -0.05) is 6.07 Å². The van der Waals surface area contributed by atoms with Crippen LogP contribution in [0.3, 0.4) is 0 Å². The summed E-state index contributed by atoms with van der Waals surface area (Å²) < 4.78 is 0. The summed E-state index contributed by atoms with van der Waals surface area (Å²) in [5, 5.41) is 0. The summed E-state index contributed by atoms with van der Waals surface area (Å²) >= 11 is 0. The van der Waals surface area contributed by atoms with Crippen LogP contribution in [-0.2, 0) is 16.1 Å². The predicted molar refractivity (Wildman–Crippen MR) is 82.8 cm³/mol. The van der Waals surface area contributed by atoms with Gasteiger partial charge in [0.15, 0.2) is 0 Å². The van der Waals surface area contributed by atoms with Crippen LogP contribution < -0.4 is 0 Å². The van der Waals surface area contributed by atoms with Crippen molar-refractivity contribution in [2.45, 2.75) is 45.2 Å². The molecule has 0 unspecified atom stereocenters. The second-order valence-corrected chi connectivity index (χ2v) is 6.34. The minimum atomic E-state index is 0.0628. The Bertz CT molecular complexity index is 534. The van der Waals surface area contributed by atoms with Gasteiger partial charge < -0.3 is 9.80 Å². The third kappa shape index (κ3) is 3.46. The van der Waals surface area contributed by atoms with Crippen molar-refractivity contribution in [2.24, 2.45) is 5.92 Å². The third-order valence-electron chi connectivity index (χ3n) is 4.64. The van der Waals surface area contributed by atoms with Crippen LogP contribution in [-0.4, -0.2) is 45.7 Å².